The SMILES string of the molecule is COc1ccc(/C=C/C(=O)Nc2ccccc2COc2ccc(F)cc2)cc1N=O. The van der Waals surface area contributed by atoms with Crippen LogP contribution in [0.2, 0.25) is 0 Å². The molecule has 0 saturated heterocycles. The fourth-order valence-electron chi connectivity index (χ4n) is 2.69. The Hall–Kier alpha value is -4.00. The van der Waals surface area contributed by atoms with Crippen molar-refractivity contribution in [1.82, 2.24) is 0 Å². The zero-order valence-electron chi connectivity index (χ0n) is 16.2. The fraction of sp³-hybridized carbons (Fsp3) is 0.0870. The Bertz CT molecular complexity index is 1070. The number of anilines is 1. The molecular formula is C23H19FN2O4. The van der Waals surface area contributed by atoms with E-state index >= 15 is 0 Å². The number of methoxy groups -OCH3 is 1. The lowest BCUT2D eigenvalue weighted by Crippen LogP contribution is -2.10. The van der Waals surface area contributed by atoms with Crippen LogP contribution in [-0.4, -0.2) is 13.0 Å². The average molecular weight is 406 g/mol. The maximum atomic E-state index is 13.0. The molecule has 152 valence electrons. The van der Waals surface area contributed by atoms with Crippen LogP contribution in [0.15, 0.2) is 78.0 Å². The van der Waals surface area contributed by atoms with E-state index in [4.69, 9.17) is 9.47 Å². The van der Waals surface area contributed by atoms with Crippen LogP contribution in [0, 0.1) is 10.7 Å². The van der Waals surface area contributed by atoms with Crippen molar-refractivity contribution >= 4 is 23.4 Å². The van der Waals surface area contributed by atoms with E-state index in [9.17, 15) is 14.1 Å². The minimum Gasteiger partial charge on any atom is -0.494 e. The average Bonchev–Trinajstić information content (AvgIpc) is 2.78. The number of carbonyl (C=O) groups is 1. The number of hydrogen-bond donors (Lipinski definition) is 1. The van der Waals surface area contributed by atoms with Gasteiger partial charge in [0.05, 0.1) is 7.11 Å². The Morgan fingerprint density at radius 1 is 1.10 bits per heavy atom. The zero-order chi connectivity index (χ0) is 21.3. The van der Waals surface area contributed by atoms with E-state index in [1.165, 1.54) is 43.5 Å². The molecule has 6 nitrogen and oxygen atoms in total. The van der Waals surface area contributed by atoms with Gasteiger partial charge in [-0.15, -0.1) is 4.91 Å². The van der Waals surface area contributed by atoms with Gasteiger partial charge in [-0.1, -0.05) is 24.3 Å². The molecule has 0 radical (unpaired) electrons. The number of amides is 1. The first kappa shape index (κ1) is 20.7. The summed E-state index contributed by atoms with van der Waals surface area (Å²) in [5.74, 6) is 0.202. The van der Waals surface area contributed by atoms with Gasteiger partial charge >= 0.3 is 0 Å². The summed E-state index contributed by atoms with van der Waals surface area (Å²) in [6, 6.07) is 17.8. The number of nitrogens with one attached hydrogen (secondary N) is 1. The van der Waals surface area contributed by atoms with Crippen molar-refractivity contribution in [2.45, 2.75) is 6.61 Å². The number of nitrogens with zero attached hydrogens (tertiary/aromatic N) is 1. The van der Waals surface area contributed by atoms with Crippen molar-refractivity contribution < 1.29 is 18.7 Å². The van der Waals surface area contributed by atoms with Gasteiger partial charge in [-0.3, -0.25) is 4.79 Å². The summed E-state index contributed by atoms with van der Waals surface area (Å²) < 4.78 is 23.7. The van der Waals surface area contributed by atoms with Gasteiger partial charge in [-0.2, -0.15) is 0 Å². The molecule has 0 aliphatic carbocycles. The van der Waals surface area contributed by atoms with Crippen molar-refractivity contribution in [2.75, 3.05) is 12.4 Å². The summed E-state index contributed by atoms with van der Waals surface area (Å²) in [6.07, 6.45) is 2.93. The molecule has 1 amide bonds. The van der Waals surface area contributed by atoms with Gasteiger partial charge in [0, 0.05) is 17.3 Å². The van der Waals surface area contributed by atoms with Gasteiger partial charge in [-0.05, 0) is 59.3 Å². The molecule has 0 heterocycles. The van der Waals surface area contributed by atoms with E-state index in [1.807, 2.05) is 12.1 Å². The van der Waals surface area contributed by atoms with Crippen LogP contribution in [-0.2, 0) is 11.4 Å². The topological polar surface area (TPSA) is 77.0 Å². The molecule has 0 atom stereocenters. The van der Waals surface area contributed by atoms with Gasteiger partial charge in [0.15, 0.2) is 0 Å². The number of nitroso groups, excluding NO2 is 1. The minimum atomic E-state index is -0.347. The second-order valence-corrected chi connectivity index (χ2v) is 6.24. The molecule has 3 rings (SSSR count). The third-order valence-corrected chi connectivity index (χ3v) is 4.21. The molecule has 1 N–H and O–H groups in total. The van der Waals surface area contributed by atoms with Gasteiger partial charge in [0.2, 0.25) is 5.91 Å². The van der Waals surface area contributed by atoms with E-state index < -0.39 is 0 Å². The summed E-state index contributed by atoms with van der Waals surface area (Å²) in [4.78, 5) is 23.2. The summed E-state index contributed by atoms with van der Waals surface area (Å²) in [6.45, 7) is 0.207. The number of ether oxygens (including phenoxy) is 2. The van der Waals surface area contributed by atoms with Crippen LogP contribution in [0.5, 0.6) is 11.5 Å². The molecule has 3 aromatic rings. The Morgan fingerprint density at radius 2 is 1.87 bits per heavy atom. The zero-order valence-corrected chi connectivity index (χ0v) is 16.2. The van der Waals surface area contributed by atoms with Gasteiger partial charge in [0.1, 0.15) is 29.6 Å². The van der Waals surface area contributed by atoms with Gasteiger partial charge in [0.25, 0.3) is 0 Å². The maximum Gasteiger partial charge on any atom is 0.248 e. The lowest BCUT2D eigenvalue weighted by atomic mass is 10.1. The lowest BCUT2D eigenvalue weighted by Gasteiger charge is -2.11. The molecule has 7 heteroatoms. The number of rotatable bonds is 8. The van der Waals surface area contributed by atoms with Crippen molar-refractivity contribution in [2.24, 2.45) is 5.18 Å². The first-order valence-electron chi connectivity index (χ1n) is 9.06. The normalized spacial score (nSPS) is 10.6. The largest absolute Gasteiger partial charge is 0.494 e. The van der Waals surface area contributed by atoms with Crippen molar-refractivity contribution in [3.05, 3.63) is 94.7 Å². The lowest BCUT2D eigenvalue weighted by molar-refractivity contribution is -0.111. The maximum absolute atomic E-state index is 13.0. The standard InChI is InChI=1S/C23H19FN2O4/c1-29-22-12-6-16(14-21(22)26-28)7-13-23(27)25-20-5-3-2-4-17(20)15-30-19-10-8-18(24)9-11-19/h2-14H,15H2,1H3,(H,25,27)/b13-7+. The molecule has 3 aromatic carbocycles. The Labute approximate surface area is 172 Å². The molecule has 0 fully saturated rings. The molecule has 0 saturated carbocycles. The minimum absolute atomic E-state index is 0.156. The first-order chi connectivity index (χ1) is 14.6. The second kappa shape index (κ2) is 9.97. The van der Waals surface area contributed by atoms with Crippen LogP contribution in [0.1, 0.15) is 11.1 Å². The predicted molar refractivity (Wildman–Crippen MR) is 113 cm³/mol. The quantitative estimate of drug-likeness (QED) is 0.398. The Kier molecular flexibility index (Phi) is 6.89. The van der Waals surface area contributed by atoms with Crippen molar-refractivity contribution in [3.63, 3.8) is 0 Å². The summed E-state index contributed by atoms with van der Waals surface area (Å²) in [5, 5.41) is 5.72. The Morgan fingerprint density at radius 3 is 2.60 bits per heavy atom. The number of para-hydroxylation sites is 1. The molecule has 0 bridgehead atoms. The van der Waals surface area contributed by atoms with E-state index in [0.29, 0.717) is 22.7 Å². The van der Waals surface area contributed by atoms with Crippen LogP contribution in [0.3, 0.4) is 0 Å². The van der Waals surface area contributed by atoms with Crippen LogP contribution in [0.4, 0.5) is 15.8 Å². The Balaban J connectivity index is 1.66. The fourth-order valence-corrected chi connectivity index (χ4v) is 2.69. The van der Waals surface area contributed by atoms with Crippen LogP contribution >= 0.6 is 0 Å². The van der Waals surface area contributed by atoms with Gasteiger partial charge in [-0.25, -0.2) is 4.39 Å². The van der Waals surface area contributed by atoms with Gasteiger partial charge < -0.3 is 14.8 Å². The van der Waals surface area contributed by atoms with E-state index in [1.54, 1.807) is 30.3 Å². The number of halogens is 1. The van der Waals surface area contributed by atoms with E-state index in [-0.39, 0.29) is 24.0 Å². The third kappa shape index (κ3) is 5.51. The molecule has 0 aliphatic rings. The highest BCUT2D eigenvalue weighted by Crippen LogP contribution is 2.28. The molecule has 30 heavy (non-hydrogen) atoms. The highest BCUT2D eigenvalue weighted by Gasteiger charge is 2.07. The van der Waals surface area contributed by atoms with Crippen molar-refractivity contribution in [1.29, 1.82) is 0 Å². The van der Waals surface area contributed by atoms with E-state index in [2.05, 4.69) is 10.5 Å². The smallest absolute Gasteiger partial charge is 0.248 e. The number of benzene rings is 3. The molecule has 0 unspecified atom stereocenters. The van der Waals surface area contributed by atoms with E-state index in [0.717, 1.165) is 5.56 Å². The number of hydrogen-bond acceptors (Lipinski definition) is 5. The first-order valence-corrected chi connectivity index (χ1v) is 9.06. The summed E-state index contributed by atoms with van der Waals surface area (Å²) in [7, 11) is 1.45. The third-order valence-electron chi connectivity index (χ3n) is 4.21. The predicted octanol–water partition coefficient (Wildman–Crippen LogP) is 5.46. The van der Waals surface area contributed by atoms with Crippen molar-refractivity contribution in [3.8, 4) is 11.5 Å². The molecule has 0 spiro atoms. The highest BCUT2D eigenvalue weighted by molar-refractivity contribution is 6.02. The molecule has 0 aromatic heterocycles. The monoisotopic (exact) mass is 406 g/mol. The second-order valence-electron chi connectivity index (χ2n) is 6.24. The summed E-state index contributed by atoms with van der Waals surface area (Å²) >= 11 is 0. The highest BCUT2D eigenvalue weighted by atomic mass is 19.1. The molecule has 0 aliphatic heterocycles. The van der Waals surface area contributed by atoms with Crippen LogP contribution < -0.4 is 14.8 Å². The summed E-state index contributed by atoms with van der Waals surface area (Å²) in [5.41, 5.74) is 2.15. The van der Waals surface area contributed by atoms with Crippen LogP contribution in [0.25, 0.3) is 6.08 Å². The number of carbonyl (C=O) groups excluding carboxylic acids is 1. The molecular weight excluding hydrogens is 387 g/mol.